The molecule has 0 aromatic heterocycles. The summed E-state index contributed by atoms with van der Waals surface area (Å²) in [7, 11) is -4.16. The monoisotopic (exact) mass is 390 g/mol. The van der Waals surface area contributed by atoms with E-state index in [-0.39, 0.29) is 5.75 Å². The molecule has 1 aliphatic rings. The van der Waals surface area contributed by atoms with Gasteiger partial charge >= 0.3 is 7.05 Å². The molecule has 8 heteroatoms. The quantitative estimate of drug-likeness (QED) is 0.605. The molecule has 1 saturated heterocycles. The van der Waals surface area contributed by atoms with E-state index in [1.807, 2.05) is 0 Å². The Morgan fingerprint density at radius 3 is 2.36 bits per heavy atom. The van der Waals surface area contributed by atoms with Gasteiger partial charge in [-0.15, -0.1) is 0 Å². The van der Waals surface area contributed by atoms with Gasteiger partial charge in [-0.2, -0.15) is 0 Å². The Kier molecular flexibility index (Phi) is 8.63. The second kappa shape index (κ2) is 9.67. The number of hydrogen-bond acceptors (Lipinski definition) is 4. The van der Waals surface area contributed by atoms with Crippen LogP contribution in [-0.4, -0.2) is 50.1 Å². The third kappa shape index (κ3) is 6.38. The van der Waals surface area contributed by atoms with Crippen LogP contribution in [0.3, 0.4) is 0 Å². The summed E-state index contributed by atoms with van der Waals surface area (Å²) in [6.45, 7) is 5.04. The summed E-state index contributed by atoms with van der Waals surface area (Å²) in [5.74, 6) is 0.0674. The van der Waals surface area contributed by atoms with E-state index in [1.54, 1.807) is 0 Å². The third-order valence-corrected chi connectivity index (χ3v) is 5.98. The maximum atomic E-state index is 11.4. The van der Waals surface area contributed by atoms with Gasteiger partial charge in [-0.25, -0.2) is 12.6 Å². The van der Waals surface area contributed by atoms with Crippen molar-refractivity contribution in [2.45, 2.75) is 25.5 Å². The minimum absolute atomic E-state index is 0.0674. The van der Waals surface area contributed by atoms with Crippen LogP contribution in [0.4, 0.5) is 0 Å². The maximum Gasteiger partial charge on any atom is 0.390 e. The summed E-state index contributed by atoms with van der Waals surface area (Å²) < 4.78 is 23.9. The van der Waals surface area contributed by atoms with Gasteiger partial charge in [-0.3, -0.25) is 0 Å². The van der Waals surface area contributed by atoms with Crippen molar-refractivity contribution >= 4 is 33.0 Å². The van der Waals surface area contributed by atoms with Crippen LogP contribution in [0.25, 0.3) is 0 Å². The van der Waals surface area contributed by atoms with Crippen molar-refractivity contribution in [2.24, 2.45) is 0 Å². The molecule has 0 spiro atoms. The molecule has 2 rings (SSSR count). The van der Waals surface area contributed by atoms with Crippen molar-refractivity contribution < 1.29 is 13.4 Å². The van der Waals surface area contributed by atoms with Crippen molar-refractivity contribution in [1.82, 2.24) is 9.53 Å². The van der Waals surface area contributed by atoms with E-state index in [9.17, 15) is 8.42 Å². The lowest BCUT2D eigenvalue weighted by molar-refractivity contribution is 0.464. The summed E-state index contributed by atoms with van der Waals surface area (Å²) in [5.41, 5.74) is 2.75. The molecule has 1 fully saturated rings. The first-order chi connectivity index (χ1) is 10.4. The van der Waals surface area contributed by atoms with E-state index in [0.717, 1.165) is 16.0 Å². The summed E-state index contributed by atoms with van der Waals surface area (Å²) in [6.07, 6.45) is 1.13. The number of hydrogen-bond donors (Lipinski definition) is 2. The Hall–Kier alpha value is -0.405. The van der Waals surface area contributed by atoms with Crippen molar-refractivity contribution in [3.8, 4) is 0 Å². The molecular formula is C14H24BBrN2O3S. The second-order valence-corrected chi connectivity index (χ2v) is 7.71. The normalized spacial score (nSPS) is 18.0. The number of alkyl halides is 1. The molecule has 0 saturated carbocycles. The van der Waals surface area contributed by atoms with Gasteiger partial charge in [-0.05, 0) is 24.4 Å². The molecule has 1 aromatic rings. The highest BCUT2D eigenvalue weighted by Crippen LogP contribution is 2.07. The van der Waals surface area contributed by atoms with Gasteiger partial charge in [0, 0.05) is 25.0 Å². The third-order valence-electron chi connectivity index (χ3n) is 3.41. The Labute approximate surface area is 142 Å². The topological polar surface area (TPSA) is 69.6 Å². The maximum absolute atomic E-state index is 11.4. The van der Waals surface area contributed by atoms with Crippen molar-refractivity contribution in [2.75, 3.05) is 25.4 Å². The molecule has 0 unspecified atom stereocenters. The lowest BCUT2D eigenvalue weighted by atomic mass is 9.89. The number of aryl methyl sites for hydroxylation is 1. The predicted octanol–water partition coefficient (Wildman–Crippen LogP) is 1.48. The first-order valence-corrected chi connectivity index (χ1v) is 10.2. The van der Waals surface area contributed by atoms with Crippen LogP contribution in [0, 0.1) is 0 Å². The molecule has 5 nitrogen and oxygen atoms in total. The molecule has 0 amide bonds. The van der Waals surface area contributed by atoms with Crippen molar-refractivity contribution in [3.05, 3.63) is 35.4 Å². The molecule has 1 aromatic carbocycles. The minimum atomic E-state index is -3.24. The fraction of sp³-hybridized carbons (Fsp3) is 0.571. The number of nitrogens with zero attached hydrogens (tertiary/aromatic N) is 1. The largest absolute Gasteiger partial charge is 0.437 e. The van der Waals surface area contributed by atoms with Gasteiger partial charge in [0.1, 0.15) is 0 Å². The van der Waals surface area contributed by atoms with Crippen molar-refractivity contribution in [3.63, 3.8) is 0 Å². The number of sulfonamides is 1. The fourth-order valence-corrected chi connectivity index (χ4v) is 3.90. The van der Waals surface area contributed by atoms with E-state index in [2.05, 4.69) is 52.4 Å². The molecule has 0 aliphatic carbocycles. The molecule has 1 heterocycles. The Morgan fingerprint density at radius 1 is 1.27 bits per heavy atom. The van der Waals surface area contributed by atoms with Crippen LogP contribution in [-0.2, 0) is 21.8 Å². The smallest absolute Gasteiger partial charge is 0.390 e. The molecule has 22 heavy (non-hydrogen) atoms. The van der Waals surface area contributed by atoms with Gasteiger partial charge in [0.15, 0.2) is 0 Å². The van der Waals surface area contributed by atoms with Gasteiger partial charge in [-0.1, -0.05) is 47.1 Å². The molecule has 0 radical (unpaired) electrons. The highest BCUT2D eigenvalue weighted by Gasteiger charge is 2.29. The Morgan fingerprint density at radius 2 is 1.86 bits per heavy atom. The lowest BCUT2D eigenvalue weighted by Crippen LogP contribution is -2.43. The van der Waals surface area contributed by atoms with Gasteiger partial charge in [0.2, 0.25) is 10.0 Å². The zero-order valence-corrected chi connectivity index (χ0v) is 15.5. The highest BCUT2D eigenvalue weighted by atomic mass is 79.9. The SMILES string of the molecule is CB(O)N1CCNCCS1(=O)=O.CCc1ccc(CBr)cc1. The van der Waals surface area contributed by atoms with Crippen LogP contribution in [0.5, 0.6) is 0 Å². The first kappa shape index (κ1) is 19.6. The first-order valence-electron chi connectivity index (χ1n) is 7.42. The molecule has 2 N–H and O–H groups in total. The number of rotatable bonds is 3. The summed E-state index contributed by atoms with van der Waals surface area (Å²) in [5, 5.41) is 13.1. The van der Waals surface area contributed by atoms with E-state index in [4.69, 9.17) is 5.02 Å². The highest BCUT2D eigenvalue weighted by molar-refractivity contribution is 9.08. The van der Waals surface area contributed by atoms with Gasteiger partial charge in [0.25, 0.3) is 0 Å². The molecule has 0 bridgehead atoms. The van der Waals surface area contributed by atoms with Gasteiger partial charge in [0.05, 0.1) is 5.75 Å². The van der Waals surface area contributed by atoms with Crippen LogP contribution >= 0.6 is 15.9 Å². The van der Waals surface area contributed by atoms with E-state index >= 15 is 0 Å². The lowest BCUT2D eigenvalue weighted by Gasteiger charge is -2.19. The summed E-state index contributed by atoms with van der Waals surface area (Å²) in [4.78, 5) is 0. The second-order valence-electron chi connectivity index (χ2n) is 5.11. The number of halogens is 1. The predicted molar refractivity (Wildman–Crippen MR) is 95.7 cm³/mol. The summed E-state index contributed by atoms with van der Waals surface area (Å²) >= 11 is 3.40. The van der Waals surface area contributed by atoms with Gasteiger partial charge < -0.3 is 10.3 Å². The van der Waals surface area contributed by atoms with Crippen LogP contribution in [0.1, 0.15) is 18.1 Å². The Balaban J connectivity index is 0.000000224. The standard InChI is InChI=1S/C9H11Br.C5H13BN2O3S/c1-2-8-3-5-9(7-10)6-4-8;1-6(9)8-4-2-7-3-5-12(8,10)11/h3-6H,2,7H2,1H3;7,9H,2-5H2,1H3. The average Bonchev–Trinajstić information content (AvgIpc) is 2.68. The van der Waals surface area contributed by atoms with E-state index in [1.165, 1.54) is 17.9 Å². The molecule has 0 atom stereocenters. The van der Waals surface area contributed by atoms with Crippen molar-refractivity contribution in [1.29, 1.82) is 0 Å². The van der Waals surface area contributed by atoms with E-state index in [0.29, 0.717) is 19.6 Å². The average molecular weight is 391 g/mol. The van der Waals surface area contributed by atoms with E-state index < -0.39 is 17.1 Å². The number of nitrogens with one attached hydrogen (secondary N) is 1. The fourth-order valence-electron chi connectivity index (χ4n) is 2.06. The molecule has 1 aliphatic heterocycles. The molecule has 124 valence electrons. The van der Waals surface area contributed by atoms with Crippen LogP contribution < -0.4 is 5.32 Å². The number of benzene rings is 1. The molecular weight excluding hydrogens is 367 g/mol. The minimum Gasteiger partial charge on any atom is -0.437 e. The Bertz CT molecular complexity index is 515. The zero-order valence-electron chi connectivity index (χ0n) is 13.1. The van der Waals surface area contributed by atoms with Crippen LogP contribution in [0.2, 0.25) is 6.82 Å². The zero-order chi connectivity index (χ0) is 16.6. The summed E-state index contributed by atoms with van der Waals surface area (Å²) in [6, 6.07) is 8.67. The van der Waals surface area contributed by atoms with Crippen LogP contribution in [0.15, 0.2) is 24.3 Å².